The molecule has 7 heteroatoms. The maximum atomic E-state index is 10.8. The molecular formula is C12H18N4O3. The number of rotatable bonds is 5. The second kappa shape index (κ2) is 6.69. The predicted octanol–water partition coefficient (Wildman–Crippen LogP) is 0.669. The Labute approximate surface area is 110 Å². The summed E-state index contributed by atoms with van der Waals surface area (Å²) >= 11 is 0. The Hall–Kier alpha value is -2.15. The van der Waals surface area contributed by atoms with Crippen LogP contribution in [0.15, 0.2) is 32.7 Å². The Morgan fingerprint density at radius 3 is 2.89 bits per heavy atom. The number of aromatic nitrogens is 2. The number of aliphatic imine (C=N–C) groups is 1. The van der Waals surface area contributed by atoms with Crippen molar-refractivity contribution >= 4 is 11.4 Å². The summed E-state index contributed by atoms with van der Waals surface area (Å²) in [6.07, 6.45) is 1.70. The molecule has 3 N–H and O–H groups in total. The lowest BCUT2D eigenvalue weighted by molar-refractivity contribution is 0.274. The summed E-state index contributed by atoms with van der Waals surface area (Å²) in [5, 5.41) is 15.5. The van der Waals surface area contributed by atoms with Gasteiger partial charge in [-0.2, -0.15) is 0 Å². The fourth-order valence-electron chi connectivity index (χ4n) is 1.42. The number of aliphatic hydroxyl groups is 1. The zero-order valence-corrected chi connectivity index (χ0v) is 11.2. The maximum Gasteiger partial charge on any atom is 0.439 e. The number of hydrogen-bond donors (Lipinski definition) is 3. The van der Waals surface area contributed by atoms with Crippen molar-refractivity contribution in [3.05, 3.63) is 34.7 Å². The van der Waals surface area contributed by atoms with E-state index in [-0.39, 0.29) is 18.5 Å². The largest absolute Gasteiger partial charge is 0.439 e. The standard InChI is InChI=1S/C12H18N4O3/c1-7(11-15-12(18)19-16-11)5-8(2)13-10(4)14-9(3)6-17/h5,9,17H,1,6H2,2-4H3,(H,13,14)(H,15,16,18)/b8-5+. The van der Waals surface area contributed by atoms with E-state index in [1.807, 2.05) is 13.8 Å². The number of aromatic amines is 1. The molecule has 104 valence electrons. The van der Waals surface area contributed by atoms with Crippen LogP contribution in [0.1, 0.15) is 26.6 Å². The number of hydrogen-bond acceptors (Lipinski definition) is 5. The number of nitrogens with zero attached hydrogens (tertiary/aromatic N) is 2. The third-order valence-corrected chi connectivity index (χ3v) is 2.19. The summed E-state index contributed by atoms with van der Waals surface area (Å²) < 4.78 is 4.39. The molecule has 7 nitrogen and oxygen atoms in total. The van der Waals surface area contributed by atoms with Crippen molar-refractivity contribution < 1.29 is 9.63 Å². The minimum atomic E-state index is -0.621. The Balaban J connectivity index is 2.70. The molecule has 0 spiro atoms. The molecule has 0 aliphatic rings. The topological polar surface area (TPSA) is 104 Å². The van der Waals surface area contributed by atoms with Crippen LogP contribution in [-0.4, -0.2) is 33.7 Å². The van der Waals surface area contributed by atoms with Gasteiger partial charge in [-0.15, -0.1) is 0 Å². The van der Waals surface area contributed by atoms with Gasteiger partial charge in [-0.25, -0.2) is 4.79 Å². The first kappa shape index (κ1) is 14.9. The third kappa shape index (κ3) is 4.92. The van der Waals surface area contributed by atoms with Crippen molar-refractivity contribution in [2.45, 2.75) is 26.8 Å². The molecule has 1 atom stereocenters. The van der Waals surface area contributed by atoms with Gasteiger partial charge in [-0.3, -0.25) is 14.5 Å². The summed E-state index contributed by atoms with van der Waals surface area (Å²) in [6.45, 7) is 9.20. The Morgan fingerprint density at radius 1 is 1.68 bits per heavy atom. The van der Waals surface area contributed by atoms with Crippen LogP contribution in [0.5, 0.6) is 0 Å². The van der Waals surface area contributed by atoms with Crippen LogP contribution >= 0.6 is 0 Å². The van der Waals surface area contributed by atoms with Crippen LogP contribution in [-0.2, 0) is 0 Å². The highest BCUT2D eigenvalue weighted by atomic mass is 16.5. The van der Waals surface area contributed by atoms with Gasteiger partial charge in [-0.1, -0.05) is 11.7 Å². The van der Waals surface area contributed by atoms with E-state index in [0.717, 1.165) is 5.70 Å². The molecule has 0 aromatic carbocycles. The van der Waals surface area contributed by atoms with E-state index in [9.17, 15) is 4.79 Å². The first-order valence-electron chi connectivity index (χ1n) is 5.78. The van der Waals surface area contributed by atoms with Gasteiger partial charge in [-0.05, 0) is 26.8 Å². The molecule has 1 aromatic rings. The summed E-state index contributed by atoms with van der Waals surface area (Å²) in [7, 11) is 0. The number of nitrogens with one attached hydrogen (secondary N) is 2. The fraction of sp³-hybridized carbons (Fsp3) is 0.417. The molecule has 0 radical (unpaired) electrons. The van der Waals surface area contributed by atoms with Gasteiger partial charge in [0.2, 0.25) is 0 Å². The second-order valence-corrected chi connectivity index (χ2v) is 4.17. The van der Waals surface area contributed by atoms with E-state index in [1.54, 1.807) is 13.0 Å². The Bertz CT molecular complexity index is 553. The van der Waals surface area contributed by atoms with Crippen LogP contribution in [0.2, 0.25) is 0 Å². The van der Waals surface area contributed by atoms with E-state index < -0.39 is 5.76 Å². The molecule has 1 rings (SSSR count). The van der Waals surface area contributed by atoms with Gasteiger partial charge in [0.05, 0.1) is 18.5 Å². The van der Waals surface area contributed by atoms with Gasteiger partial charge >= 0.3 is 5.76 Å². The minimum Gasteiger partial charge on any atom is -0.394 e. The zero-order valence-electron chi connectivity index (χ0n) is 11.2. The average Bonchev–Trinajstić information content (AvgIpc) is 2.75. The molecule has 1 unspecified atom stereocenters. The first-order valence-corrected chi connectivity index (χ1v) is 5.78. The van der Waals surface area contributed by atoms with Gasteiger partial charge in [0.25, 0.3) is 0 Å². The highest BCUT2D eigenvalue weighted by Gasteiger charge is 2.04. The highest BCUT2D eigenvalue weighted by Crippen LogP contribution is 2.08. The number of amidine groups is 1. The maximum absolute atomic E-state index is 10.8. The molecule has 0 aliphatic heterocycles. The van der Waals surface area contributed by atoms with E-state index in [0.29, 0.717) is 11.4 Å². The lowest BCUT2D eigenvalue weighted by Gasteiger charge is -2.08. The van der Waals surface area contributed by atoms with Crippen LogP contribution in [0, 0.1) is 0 Å². The van der Waals surface area contributed by atoms with E-state index >= 15 is 0 Å². The second-order valence-electron chi connectivity index (χ2n) is 4.17. The molecule has 1 aromatic heterocycles. The van der Waals surface area contributed by atoms with Gasteiger partial charge < -0.3 is 10.4 Å². The quantitative estimate of drug-likeness (QED) is 0.413. The summed E-state index contributed by atoms with van der Waals surface area (Å²) in [6, 6.07) is -0.157. The fourth-order valence-corrected chi connectivity index (χ4v) is 1.42. The number of H-pyrrole nitrogens is 1. The van der Waals surface area contributed by atoms with Crippen LogP contribution in [0.25, 0.3) is 5.57 Å². The number of aliphatic hydroxyl groups excluding tert-OH is 1. The zero-order chi connectivity index (χ0) is 14.4. The van der Waals surface area contributed by atoms with E-state index in [2.05, 4.69) is 31.6 Å². The van der Waals surface area contributed by atoms with Crippen molar-refractivity contribution in [3.63, 3.8) is 0 Å². The Morgan fingerprint density at radius 2 is 2.37 bits per heavy atom. The van der Waals surface area contributed by atoms with Crippen molar-refractivity contribution in [3.8, 4) is 0 Å². The number of allylic oxidation sites excluding steroid dienone is 3. The predicted molar refractivity (Wildman–Crippen MR) is 72.7 cm³/mol. The molecule has 0 aliphatic carbocycles. The lowest BCUT2D eigenvalue weighted by Crippen LogP contribution is -2.21. The van der Waals surface area contributed by atoms with Crippen LogP contribution < -0.4 is 11.1 Å². The minimum absolute atomic E-state index is 0.00529. The lowest BCUT2D eigenvalue weighted by atomic mass is 10.2. The Kier molecular flexibility index (Phi) is 5.25. The molecule has 1 heterocycles. The van der Waals surface area contributed by atoms with Crippen molar-refractivity contribution in [1.29, 1.82) is 0 Å². The highest BCUT2D eigenvalue weighted by molar-refractivity contribution is 5.82. The normalized spacial score (nSPS) is 14.3. The van der Waals surface area contributed by atoms with Crippen LogP contribution in [0.3, 0.4) is 0 Å². The smallest absolute Gasteiger partial charge is 0.394 e. The molecule has 0 saturated heterocycles. The summed E-state index contributed by atoms with van der Waals surface area (Å²) in [4.78, 5) is 17.4. The molecule has 0 fully saturated rings. The SMILES string of the molecule is C=C(/C=C(\C)NC(C)=NC(C)CO)c1noc(=O)[nH]1. The molecule has 0 amide bonds. The molecule has 19 heavy (non-hydrogen) atoms. The molecular weight excluding hydrogens is 248 g/mol. The first-order chi connectivity index (χ1) is 8.92. The summed E-state index contributed by atoms with van der Waals surface area (Å²) in [5.74, 6) is 0.339. The van der Waals surface area contributed by atoms with Crippen LogP contribution in [0.4, 0.5) is 0 Å². The van der Waals surface area contributed by atoms with Gasteiger partial charge in [0.15, 0.2) is 5.82 Å². The van der Waals surface area contributed by atoms with Crippen molar-refractivity contribution in [2.24, 2.45) is 4.99 Å². The van der Waals surface area contributed by atoms with Crippen molar-refractivity contribution in [1.82, 2.24) is 15.5 Å². The van der Waals surface area contributed by atoms with E-state index in [1.165, 1.54) is 0 Å². The average molecular weight is 266 g/mol. The summed E-state index contributed by atoms with van der Waals surface area (Å²) in [5.41, 5.74) is 1.29. The van der Waals surface area contributed by atoms with Crippen molar-refractivity contribution in [2.75, 3.05) is 6.61 Å². The monoisotopic (exact) mass is 266 g/mol. The third-order valence-electron chi connectivity index (χ3n) is 2.19. The molecule has 0 bridgehead atoms. The van der Waals surface area contributed by atoms with Gasteiger partial charge in [0.1, 0.15) is 0 Å². The molecule has 0 saturated carbocycles. The van der Waals surface area contributed by atoms with E-state index in [4.69, 9.17) is 5.11 Å². The van der Waals surface area contributed by atoms with Gasteiger partial charge in [0, 0.05) is 11.3 Å².